The predicted octanol–water partition coefficient (Wildman–Crippen LogP) is 1.76. The summed E-state index contributed by atoms with van der Waals surface area (Å²) in [5.74, 6) is -1.14. The van der Waals surface area contributed by atoms with Gasteiger partial charge in [-0.1, -0.05) is 6.07 Å². The molecule has 1 amide bonds. The van der Waals surface area contributed by atoms with Gasteiger partial charge < -0.3 is 10.4 Å². The van der Waals surface area contributed by atoms with Crippen molar-refractivity contribution in [1.29, 1.82) is 0 Å². The van der Waals surface area contributed by atoms with Crippen LogP contribution in [0.1, 0.15) is 42.7 Å². The van der Waals surface area contributed by atoms with Gasteiger partial charge in [0.2, 0.25) is 0 Å². The molecule has 1 aromatic rings. The molecule has 0 aromatic carbocycles. The fraction of sp³-hybridized carbons (Fsp3) is 0.462. The molecule has 5 nitrogen and oxygen atoms in total. The summed E-state index contributed by atoms with van der Waals surface area (Å²) in [5, 5.41) is 11.5. The maximum atomic E-state index is 12.0. The highest BCUT2D eigenvalue weighted by Gasteiger charge is 2.23. The Morgan fingerprint density at radius 1 is 1.44 bits per heavy atom. The first kappa shape index (κ1) is 14.2. The topological polar surface area (TPSA) is 79.3 Å². The minimum Gasteiger partial charge on any atom is -0.481 e. The molecule has 1 aromatic heterocycles. The van der Waals surface area contributed by atoms with Gasteiger partial charge in [-0.2, -0.15) is 0 Å². The van der Waals surface area contributed by atoms with Gasteiger partial charge in [0, 0.05) is 18.2 Å². The number of carboxylic acid groups (broad SMARTS) is 1. The highest BCUT2D eigenvalue weighted by molar-refractivity contribution is 5.94. The van der Waals surface area contributed by atoms with Gasteiger partial charge >= 0.3 is 5.97 Å². The lowest BCUT2D eigenvalue weighted by molar-refractivity contribution is -0.137. The number of aryl methyl sites for hydroxylation is 1. The molecule has 98 valence electrons. The van der Waals surface area contributed by atoms with Crippen molar-refractivity contribution in [2.75, 3.05) is 0 Å². The summed E-state index contributed by atoms with van der Waals surface area (Å²) < 4.78 is 0. The maximum absolute atomic E-state index is 12.0. The van der Waals surface area contributed by atoms with Crippen LogP contribution >= 0.6 is 0 Å². The molecule has 0 saturated heterocycles. The largest absolute Gasteiger partial charge is 0.481 e. The first-order chi connectivity index (χ1) is 8.32. The number of hydrogen-bond acceptors (Lipinski definition) is 3. The summed E-state index contributed by atoms with van der Waals surface area (Å²) >= 11 is 0. The molecule has 1 rings (SSSR count). The zero-order valence-corrected chi connectivity index (χ0v) is 10.9. The smallest absolute Gasteiger partial charge is 0.303 e. The van der Waals surface area contributed by atoms with Crippen molar-refractivity contribution in [1.82, 2.24) is 10.3 Å². The van der Waals surface area contributed by atoms with E-state index in [2.05, 4.69) is 10.3 Å². The van der Waals surface area contributed by atoms with Gasteiger partial charge in [-0.05, 0) is 38.8 Å². The quantitative estimate of drug-likeness (QED) is 0.834. The van der Waals surface area contributed by atoms with Crippen molar-refractivity contribution in [3.63, 3.8) is 0 Å². The summed E-state index contributed by atoms with van der Waals surface area (Å²) in [5.41, 5.74) is 0.601. The van der Waals surface area contributed by atoms with Crippen molar-refractivity contribution in [2.24, 2.45) is 0 Å². The summed E-state index contributed by atoms with van der Waals surface area (Å²) in [4.78, 5) is 26.6. The van der Waals surface area contributed by atoms with E-state index in [0.29, 0.717) is 12.1 Å². The van der Waals surface area contributed by atoms with Crippen LogP contribution in [0.15, 0.2) is 18.3 Å². The van der Waals surface area contributed by atoms with E-state index < -0.39 is 11.5 Å². The number of carbonyl (C=O) groups is 2. The third-order valence-electron chi connectivity index (χ3n) is 2.64. The number of nitrogens with one attached hydrogen (secondary N) is 1. The molecule has 0 aliphatic rings. The van der Waals surface area contributed by atoms with Crippen LogP contribution in [0, 0.1) is 6.92 Å². The molecule has 0 atom stereocenters. The molecule has 18 heavy (non-hydrogen) atoms. The van der Waals surface area contributed by atoms with Gasteiger partial charge in [-0.15, -0.1) is 0 Å². The van der Waals surface area contributed by atoms with Crippen molar-refractivity contribution in [2.45, 2.75) is 39.2 Å². The van der Waals surface area contributed by atoms with Gasteiger partial charge in [-0.3, -0.25) is 14.6 Å². The van der Waals surface area contributed by atoms with Crippen molar-refractivity contribution in [3.8, 4) is 0 Å². The maximum Gasteiger partial charge on any atom is 0.303 e. The van der Waals surface area contributed by atoms with Crippen LogP contribution in [0.2, 0.25) is 0 Å². The molecule has 0 aliphatic heterocycles. The number of carbonyl (C=O) groups excluding carboxylic acids is 1. The van der Waals surface area contributed by atoms with Crippen LogP contribution in [-0.4, -0.2) is 27.5 Å². The third kappa shape index (κ3) is 4.16. The molecule has 0 unspecified atom stereocenters. The summed E-state index contributed by atoms with van der Waals surface area (Å²) in [6.07, 6.45) is 1.96. The lowest BCUT2D eigenvalue weighted by atomic mass is 9.98. The normalized spacial score (nSPS) is 11.1. The number of carboxylic acids is 1. The fourth-order valence-corrected chi connectivity index (χ4v) is 1.57. The Bertz CT molecular complexity index is 455. The first-order valence-corrected chi connectivity index (χ1v) is 5.78. The minimum atomic E-state index is -0.869. The lowest BCUT2D eigenvalue weighted by Crippen LogP contribution is -2.44. The fourth-order valence-electron chi connectivity index (χ4n) is 1.57. The number of aromatic nitrogens is 1. The van der Waals surface area contributed by atoms with Gasteiger partial charge in [-0.25, -0.2) is 0 Å². The molecule has 0 saturated carbocycles. The van der Waals surface area contributed by atoms with Gasteiger partial charge in [0.15, 0.2) is 0 Å². The molecule has 0 aliphatic carbocycles. The van der Waals surface area contributed by atoms with Gasteiger partial charge in [0.1, 0.15) is 5.69 Å². The molecule has 0 fully saturated rings. The number of rotatable bonds is 5. The Morgan fingerprint density at radius 2 is 2.11 bits per heavy atom. The average Bonchev–Trinajstić information content (AvgIpc) is 2.26. The monoisotopic (exact) mass is 250 g/mol. The van der Waals surface area contributed by atoms with Crippen LogP contribution in [-0.2, 0) is 4.79 Å². The number of nitrogens with zero attached hydrogens (tertiary/aromatic N) is 1. The van der Waals surface area contributed by atoms with E-state index in [1.807, 2.05) is 13.0 Å². The molecule has 1 heterocycles. The SMILES string of the molecule is Cc1cccnc1C(=O)NC(C)(C)CCC(=O)O. The zero-order valence-electron chi connectivity index (χ0n) is 10.9. The van der Waals surface area contributed by atoms with E-state index in [-0.39, 0.29) is 12.3 Å². The third-order valence-corrected chi connectivity index (χ3v) is 2.64. The van der Waals surface area contributed by atoms with E-state index in [1.54, 1.807) is 26.1 Å². The Hall–Kier alpha value is -1.91. The van der Waals surface area contributed by atoms with E-state index in [0.717, 1.165) is 5.56 Å². The zero-order chi connectivity index (χ0) is 13.8. The second-order valence-electron chi connectivity index (χ2n) is 4.90. The first-order valence-electron chi connectivity index (χ1n) is 5.78. The Labute approximate surface area is 106 Å². The van der Waals surface area contributed by atoms with Gasteiger partial charge in [0.05, 0.1) is 0 Å². The second-order valence-corrected chi connectivity index (χ2v) is 4.90. The molecule has 2 N–H and O–H groups in total. The highest BCUT2D eigenvalue weighted by atomic mass is 16.4. The second kappa shape index (κ2) is 5.62. The van der Waals surface area contributed by atoms with Crippen LogP contribution < -0.4 is 5.32 Å². The van der Waals surface area contributed by atoms with Crippen molar-refractivity contribution >= 4 is 11.9 Å². The molecular weight excluding hydrogens is 232 g/mol. The molecule has 5 heteroatoms. The minimum absolute atomic E-state index is 0.0223. The summed E-state index contributed by atoms with van der Waals surface area (Å²) in [6, 6.07) is 3.58. The Morgan fingerprint density at radius 3 is 2.67 bits per heavy atom. The van der Waals surface area contributed by atoms with Crippen LogP contribution in [0.4, 0.5) is 0 Å². The van der Waals surface area contributed by atoms with E-state index in [1.165, 1.54) is 0 Å². The summed E-state index contributed by atoms with van der Waals surface area (Å²) in [6.45, 7) is 5.41. The van der Waals surface area contributed by atoms with Crippen LogP contribution in [0.25, 0.3) is 0 Å². The van der Waals surface area contributed by atoms with E-state index >= 15 is 0 Å². The van der Waals surface area contributed by atoms with Crippen LogP contribution in [0.3, 0.4) is 0 Å². The predicted molar refractivity (Wildman–Crippen MR) is 67.4 cm³/mol. The van der Waals surface area contributed by atoms with Gasteiger partial charge in [0.25, 0.3) is 5.91 Å². The molecular formula is C13H18N2O3. The van der Waals surface area contributed by atoms with Crippen LogP contribution in [0.5, 0.6) is 0 Å². The highest BCUT2D eigenvalue weighted by Crippen LogP contribution is 2.13. The molecule has 0 spiro atoms. The van der Waals surface area contributed by atoms with Crippen molar-refractivity contribution < 1.29 is 14.7 Å². The number of aliphatic carboxylic acids is 1. The molecule has 0 bridgehead atoms. The van der Waals surface area contributed by atoms with E-state index in [9.17, 15) is 9.59 Å². The lowest BCUT2D eigenvalue weighted by Gasteiger charge is -2.25. The average molecular weight is 250 g/mol. The number of amides is 1. The van der Waals surface area contributed by atoms with E-state index in [4.69, 9.17) is 5.11 Å². The standard InChI is InChI=1S/C13H18N2O3/c1-9-5-4-8-14-11(9)12(18)15-13(2,3)7-6-10(16)17/h4-5,8H,6-7H2,1-3H3,(H,15,18)(H,16,17). The Kier molecular flexibility index (Phi) is 4.42. The molecule has 0 radical (unpaired) electrons. The number of pyridine rings is 1. The van der Waals surface area contributed by atoms with Crippen molar-refractivity contribution in [3.05, 3.63) is 29.6 Å². The number of hydrogen-bond donors (Lipinski definition) is 2. The Balaban J connectivity index is 2.69. The summed E-state index contributed by atoms with van der Waals surface area (Å²) in [7, 11) is 0.